The van der Waals surface area contributed by atoms with Crippen molar-refractivity contribution in [1.82, 2.24) is 10.2 Å². The molecule has 1 saturated heterocycles. The summed E-state index contributed by atoms with van der Waals surface area (Å²) in [4.78, 5) is 16.6. The molecule has 134 valence electrons. The van der Waals surface area contributed by atoms with Gasteiger partial charge in [0.2, 0.25) is 0 Å². The summed E-state index contributed by atoms with van der Waals surface area (Å²) < 4.78 is 0. The van der Waals surface area contributed by atoms with Crippen molar-refractivity contribution < 1.29 is 4.79 Å². The van der Waals surface area contributed by atoms with Crippen LogP contribution in [0.2, 0.25) is 0 Å². The van der Waals surface area contributed by atoms with Crippen LogP contribution in [0.4, 0.5) is 0 Å². The predicted octanol–water partition coefficient (Wildman–Crippen LogP) is 4.40. The molecule has 4 heteroatoms. The summed E-state index contributed by atoms with van der Waals surface area (Å²) in [5.74, 6) is 0.153. The molecule has 0 aromatic carbocycles. The number of carbonyl (C=O) groups is 1. The topological polar surface area (TPSA) is 32.3 Å². The number of amides is 1. The first kappa shape index (κ1) is 17.9. The number of hydrogen-bond donors (Lipinski definition) is 1. The molecular formula is C20H32N2OS. The molecule has 1 aromatic rings. The van der Waals surface area contributed by atoms with Gasteiger partial charge in [-0.3, -0.25) is 4.79 Å². The van der Waals surface area contributed by atoms with Gasteiger partial charge in [-0.25, -0.2) is 0 Å². The summed E-state index contributed by atoms with van der Waals surface area (Å²) in [7, 11) is 0. The minimum Gasteiger partial charge on any atom is -0.352 e. The molecule has 3 rings (SSSR count). The van der Waals surface area contributed by atoms with E-state index in [4.69, 9.17) is 0 Å². The van der Waals surface area contributed by atoms with Gasteiger partial charge in [-0.1, -0.05) is 19.8 Å². The maximum Gasteiger partial charge on any atom is 0.252 e. The monoisotopic (exact) mass is 348 g/mol. The van der Waals surface area contributed by atoms with E-state index in [-0.39, 0.29) is 5.91 Å². The first-order valence-corrected chi connectivity index (χ1v) is 10.8. The highest BCUT2D eigenvalue weighted by molar-refractivity contribution is 7.10. The number of fused-ring (bicyclic) bond motifs is 1. The SMILES string of the molecule is CC[C@H]1CCCCN1CCCNC(=O)c1csc2c1CCCCC2. The van der Waals surface area contributed by atoms with Crippen LogP contribution in [0.1, 0.15) is 79.1 Å². The van der Waals surface area contributed by atoms with Crippen LogP contribution in [0, 0.1) is 0 Å². The normalized spacial score (nSPS) is 22.0. The fourth-order valence-corrected chi connectivity index (χ4v) is 5.38. The lowest BCUT2D eigenvalue weighted by Crippen LogP contribution is -2.40. The maximum absolute atomic E-state index is 12.5. The molecule has 1 fully saturated rings. The van der Waals surface area contributed by atoms with Crippen molar-refractivity contribution in [2.45, 2.75) is 77.2 Å². The number of likely N-dealkylation sites (tertiary alicyclic amines) is 1. The van der Waals surface area contributed by atoms with E-state index in [1.165, 1.54) is 68.4 Å². The molecule has 1 amide bonds. The Labute approximate surface area is 150 Å². The summed E-state index contributed by atoms with van der Waals surface area (Å²) in [6.45, 7) is 5.47. The third kappa shape index (κ3) is 4.40. The predicted molar refractivity (Wildman–Crippen MR) is 102 cm³/mol. The van der Waals surface area contributed by atoms with Crippen LogP contribution in [0.3, 0.4) is 0 Å². The highest BCUT2D eigenvalue weighted by Gasteiger charge is 2.21. The van der Waals surface area contributed by atoms with Crippen molar-refractivity contribution in [3.8, 4) is 0 Å². The molecule has 0 saturated carbocycles. The first-order chi connectivity index (χ1) is 11.8. The number of nitrogens with zero attached hydrogens (tertiary/aromatic N) is 1. The second-order valence-electron chi connectivity index (χ2n) is 7.32. The van der Waals surface area contributed by atoms with Crippen LogP contribution in [-0.4, -0.2) is 36.5 Å². The third-order valence-electron chi connectivity index (χ3n) is 5.68. The van der Waals surface area contributed by atoms with Crippen LogP contribution in [0.15, 0.2) is 5.38 Å². The van der Waals surface area contributed by atoms with Gasteiger partial charge in [0, 0.05) is 29.4 Å². The van der Waals surface area contributed by atoms with Gasteiger partial charge in [-0.15, -0.1) is 11.3 Å². The number of aryl methyl sites for hydroxylation is 1. The Hall–Kier alpha value is -0.870. The molecule has 0 unspecified atom stereocenters. The van der Waals surface area contributed by atoms with Crippen molar-refractivity contribution >= 4 is 17.2 Å². The lowest BCUT2D eigenvalue weighted by molar-refractivity contribution is 0.0947. The van der Waals surface area contributed by atoms with Crippen LogP contribution in [-0.2, 0) is 12.8 Å². The van der Waals surface area contributed by atoms with Crippen LogP contribution < -0.4 is 5.32 Å². The number of piperidine rings is 1. The molecule has 0 spiro atoms. The molecule has 1 aliphatic carbocycles. The van der Waals surface area contributed by atoms with E-state index in [2.05, 4.69) is 22.5 Å². The first-order valence-electron chi connectivity index (χ1n) is 9.91. The zero-order valence-corrected chi connectivity index (χ0v) is 15.9. The van der Waals surface area contributed by atoms with E-state index in [0.717, 1.165) is 37.5 Å². The van der Waals surface area contributed by atoms with Crippen molar-refractivity contribution in [2.24, 2.45) is 0 Å². The lowest BCUT2D eigenvalue weighted by Gasteiger charge is -2.35. The Balaban J connectivity index is 1.45. The van der Waals surface area contributed by atoms with Crippen LogP contribution >= 0.6 is 11.3 Å². The minimum atomic E-state index is 0.153. The molecular weight excluding hydrogens is 316 g/mol. The molecule has 2 heterocycles. The van der Waals surface area contributed by atoms with Crippen molar-refractivity contribution in [3.05, 3.63) is 21.4 Å². The van der Waals surface area contributed by atoms with Gasteiger partial charge < -0.3 is 10.2 Å². The van der Waals surface area contributed by atoms with Gasteiger partial charge in [0.1, 0.15) is 0 Å². The quantitative estimate of drug-likeness (QED) is 0.610. The highest BCUT2D eigenvalue weighted by atomic mass is 32.1. The van der Waals surface area contributed by atoms with Crippen molar-refractivity contribution in [1.29, 1.82) is 0 Å². The van der Waals surface area contributed by atoms with Crippen molar-refractivity contribution in [2.75, 3.05) is 19.6 Å². The smallest absolute Gasteiger partial charge is 0.252 e. The average Bonchev–Trinajstić information content (AvgIpc) is 2.87. The molecule has 1 atom stereocenters. The summed E-state index contributed by atoms with van der Waals surface area (Å²) >= 11 is 1.79. The second-order valence-corrected chi connectivity index (χ2v) is 8.28. The van der Waals surface area contributed by atoms with Gasteiger partial charge in [-0.05, 0) is 63.5 Å². The average molecular weight is 349 g/mol. The van der Waals surface area contributed by atoms with Gasteiger partial charge in [0.25, 0.3) is 5.91 Å². The Morgan fingerprint density at radius 1 is 1.25 bits per heavy atom. The molecule has 2 aliphatic rings. The van der Waals surface area contributed by atoms with E-state index in [1.807, 2.05) is 0 Å². The summed E-state index contributed by atoms with van der Waals surface area (Å²) in [6.07, 6.45) is 12.5. The lowest BCUT2D eigenvalue weighted by atomic mass is 10.00. The number of hydrogen-bond acceptors (Lipinski definition) is 3. The Kier molecular flexibility index (Phi) is 6.73. The third-order valence-corrected chi connectivity index (χ3v) is 6.77. The molecule has 24 heavy (non-hydrogen) atoms. The Bertz CT molecular complexity index is 540. The van der Waals surface area contributed by atoms with E-state index < -0.39 is 0 Å². The Morgan fingerprint density at radius 2 is 2.12 bits per heavy atom. The molecule has 1 aromatic heterocycles. The van der Waals surface area contributed by atoms with Crippen molar-refractivity contribution in [3.63, 3.8) is 0 Å². The maximum atomic E-state index is 12.5. The largest absolute Gasteiger partial charge is 0.352 e. The van der Waals surface area contributed by atoms with Crippen LogP contribution in [0.25, 0.3) is 0 Å². The number of carbonyl (C=O) groups excluding carboxylic acids is 1. The summed E-state index contributed by atoms with van der Waals surface area (Å²) in [5.41, 5.74) is 2.30. The number of thiophene rings is 1. The van der Waals surface area contributed by atoms with E-state index in [1.54, 1.807) is 11.3 Å². The molecule has 1 aliphatic heterocycles. The second kappa shape index (κ2) is 9.00. The van der Waals surface area contributed by atoms with E-state index in [9.17, 15) is 4.79 Å². The fourth-order valence-electron chi connectivity index (χ4n) is 4.26. The molecule has 0 radical (unpaired) electrons. The molecule has 3 nitrogen and oxygen atoms in total. The minimum absolute atomic E-state index is 0.153. The highest BCUT2D eigenvalue weighted by Crippen LogP contribution is 2.29. The van der Waals surface area contributed by atoms with Gasteiger partial charge in [0.05, 0.1) is 5.56 Å². The fraction of sp³-hybridized carbons (Fsp3) is 0.750. The zero-order valence-electron chi connectivity index (χ0n) is 15.1. The summed E-state index contributed by atoms with van der Waals surface area (Å²) in [5, 5.41) is 5.26. The summed E-state index contributed by atoms with van der Waals surface area (Å²) in [6, 6.07) is 0.766. The number of nitrogens with one attached hydrogen (secondary N) is 1. The van der Waals surface area contributed by atoms with Gasteiger partial charge in [0.15, 0.2) is 0 Å². The van der Waals surface area contributed by atoms with Gasteiger partial charge >= 0.3 is 0 Å². The number of rotatable bonds is 6. The Morgan fingerprint density at radius 3 is 3.00 bits per heavy atom. The molecule has 0 bridgehead atoms. The van der Waals surface area contributed by atoms with E-state index >= 15 is 0 Å². The zero-order chi connectivity index (χ0) is 16.8. The molecule has 1 N–H and O–H groups in total. The van der Waals surface area contributed by atoms with Crippen LogP contribution in [0.5, 0.6) is 0 Å². The van der Waals surface area contributed by atoms with Gasteiger partial charge in [-0.2, -0.15) is 0 Å². The van der Waals surface area contributed by atoms with E-state index in [0.29, 0.717) is 0 Å². The standard InChI is InChI=1S/C20H32N2OS/c1-2-16-9-6-7-13-22(16)14-8-12-21-20(23)18-15-24-19-11-5-3-4-10-17(18)19/h15-16H,2-14H2,1H3,(H,21,23)/t16-/m0/s1.